The molecule has 9 heteroatoms. The van der Waals surface area contributed by atoms with Gasteiger partial charge in [0, 0.05) is 6.54 Å². The third kappa shape index (κ3) is 7.88. The minimum absolute atomic E-state index is 0.178. The zero-order valence-electron chi connectivity index (χ0n) is 16.4. The lowest BCUT2D eigenvalue weighted by molar-refractivity contribution is -0.136. The van der Waals surface area contributed by atoms with Crippen LogP contribution in [-0.2, 0) is 19.2 Å². The van der Waals surface area contributed by atoms with Crippen molar-refractivity contribution in [2.75, 3.05) is 25.1 Å². The number of amides is 3. The number of hydrogen-bond acceptors (Lipinski definition) is 6. The number of carbonyl (C=O) groups excluding carboxylic acids is 4. The normalized spacial score (nSPS) is 18.9. The van der Waals surface area contributed by atoms with Crippen molar-refractivity contribution >= 4 is 35.8 Å². The highest BCUT2D eigenvalue weighted by molar-refractivity contribution is 7.98. The summed E-state index contributed by atoms with van der Waals surface area (Å²) in [5.74, 6) is -0.125. The predicted octanol–water partition coefficient (Wildman–Crippen LogP) is -0.0962. The van der Waals surface area contributed by atoms with Crippen LogP contribution in [0.5, 0.6) is 0 Å². The van der Waals surface area contributed by atoms with Gasteiger partial charge in [-0.3, -0.25) is 14.4 Å². The second-order valence-electron chi connectivity index (χ2n) is 7.23. The van der Waals surface area contributed by atoms with E-state index in [9.17, 15) is 19.2 Å². The van der Waals surface area contributed by atoms with Gasteiger partial charge < -0.3 is 26.1 Å². The maximum atomic E-state index is 12.5. The largest absolute Gasteiger partial charge is 0.345 e. The quantitative estimate of drug-likeness (QED) is 0.417. The average Bonchev–Trinajstić information content (AvgIpc) is 3.11. The molecule has 3 amide bonds. The van der Waals surface area contributed by atoms with Crippen molar-refractivity contribution in [1.82, 2.24) is 15.5 Å². The number of thioether (sulfide) groups is 1. The Bertz CT molecular complexity index is 529. The maximum absolute atomic E-state index is 12.5. The van der Waals surface area contributed by atoms with Crippen LogP contribution in [0.4, 0.5) is 0 Å². The van der Waals surface area contributed by atoms with E-state index in [1.807, 2.05) is 20.1 Å². The molecule has 1 aliphatic rings. The lowest BCUT2D eigenvalue weighted by Gasteiger charge is -2.24. The standard InChI is InChI=1S/C18H32N4O4S/c1-12(2)9-15(21-17(25)14(19)6-8-27-3)18(26)20-10-16(24)22-7-4-5-13(22)11-23/h11-15H,4-10,19H2,1-3H3,(H,20,26)(H,21,25)/t13-,14-,15-/m0/s1. The van der Waals surface area contributed by atoms with E-state index < -0.39 is 24.0 Å². The second kappa shape index (κ2) is 12.0. The van der Waals surface area contributed by atoms with Crippen LogP contribution in [0.1, 0.15) is 39.5 Å². The van der Waals surface area contributed by atoms with Gasteiger partial charge in [0.1, 0.15) is 12.3 Å². The van der Waals surface area contributed by atoms with E-state index in [4.69, 9.17) is 5.73 Å². The monoisotopic (exact) mass is 400 g/mol. The van der Waals surface area contributed by atoms with Crippen molar-refractivity contribution in [3.8, 4) is 0 Å². The number of nitrogens with one attached hydrogen (secondary N) is 2. The maximum Gasteiger partial charge on any atom is 0.243 e. The van der Waals surface area contributed by atoms with Crippen molar-refractivity contribution in [2.45, 2.75) is 57.7 Å². The van der Waals surface area contributed by atoms with Crippen molar-refractivity contribution in [3.63, 3.8) is 0 Å². The third-order valence-electron chi connectivity index (χ3n) is 4.50. The zero-order chi connectivity index (χ0) is 20.4. The lowest BCUT2D eigenvalue weighted by Crippen LogP contribution is -2.53. The highest BCUT2D eigenvalue weighted by atomic mass is 32.2. The summed E-state index contributed by atoms with van der Waals surface area (Å²) in [7, 11) is 0. The second-order valence-corrected chi connectivity index (χ2v) is 8.21. The number of nitrogens with zero attached hydrogens (tertiary/aromatic N) is 1. The van der Waals surface area contributed by atoms with Crippen LogP contribution in [0.15, 0.2) is 0 Å². The third-order valence-corrected chi connectivity index (χ3v) is 5.14. The van der Waals surface area contributed by atoms with Crippen molar-refractivity contribution in [1.29, 1.82) is 0 Å². The van der Waals surface area contributed by atoms with Gasteiger partial charge in [-0.2, -0.15) is 11.8 Å². The molecular formula is C18H32N4O4S. The first-order chi connectivity index (χ1) is 12.8. The molecule has 1 saturated heterocycles. The molecule has 0 aromatic carbocycles. The van der Waals surface area contributed by atoms with E-state index in [-0.39, 0.29) is 24.3 Å². The molecule has 27 heavy (non-hydrogen) atoms. The molecule has 0 radical (unpaired) electrons. The molecule has 0 bridgehead atoms. The molecule has 8 nitrogen and oxygen atoms in total. The first-order valence-electron chi connectivity index (χ1n) is 9.37. The van der Waals surface area contributed by atoms with Gasteiger partial charge >= 0.3 is 0 Å². The fourth-order valence-corrected chi connectivity index (χ4v) is 3.48. The molecule has 1 aliphatic heterocycles. The summed E-state index contributed by atoms with van der Waals surface area (Å²) >= 11 is 1.60. The lowest BCUT2D eigenvalue weighted by atomic mass is 10.0. The first kappa shape index (κ1) is 23.4. The zero-order valence-corrected chi connectivity index (χ0v) is 17.2. The Kier molecular flexibility index (Phi) is 10.4. The van der Waals surface area contributed by atoms with E-state index in [0.717, 1.165) is 18.5 Å². The van der Waals surface area contributed by atoms with Crippen molar-refractivity contribution < 1.29 is 19.2 Å². The van der Waals surface area contributed by atoms with Crippen LogP contribution >= 0.6 is 11.8 Å². The average molecular weight is 401 g/mol. The van der Waals surface area contributed by atoms with E-state index in [2.05, 4.69) is 10.6 Å². The number of likely N-dealkylation sites (tertiary alicyclic amines) is 1. The Morgan fingerprint density at radius 2 is 2.00 bits per heavy atom. The molecule has 0 aliphatic carbocycles. The molecule has 3 atom stereocenters. The van der Waals surface area contributed by atoms with Gasteiger partial charge in [0.2, 0.25) is 17.7 Å². The van der Waals surface area contributed by atoms with Crippen LogP contribution in [-0.4, -0.2) is 72.1 Å². The van der Waals surface area contributed by atoms with Gasteiger partial charge in [0.05, 0.1) is 18.6 Å². The minimum Gasteiger partial charge on any atom is -0.345 e. The van der Waals surface area contributed by atoms with E-state index in [0.29, 0.717) is 25.8 Å². The topological polar surface area (TPSA) is 122 Å². The fourth-order valence-electron chi connectivity index (χ4n) is 2.99. The molecule has 154 valence electrons. The van der Waals surface area contributed by atoms with Crippen LogP contribution < -0.4 is 16.4 Å². The number of aldehydes is 1. The Balaban J connectivity index is 2.59. The predicted molar refractivity (Wildman–Crippen MR) is 106 cm³/mol. The van der Waals surface area contributed by atoms with Crippen molar-refractivity contribution in [3.05, 3.63) is 0 Å². The van der Waals surface area contributed by atoms with Crippen LogP contribution in [0.25, 0.3) is 0 Å². The Morgan fingerprint density at radius 1 is 1.30 bits per heavy atom. The molecular weight excluding hydrogens is 368 g/mol. The minimum atomic E-state index is -0.744. The highest BCUT2D eigenvalue weighted by Crippen LogP contribution is 2.15. The molecule has 0 aromatic heterocycles. The summed E-state index contributed by atoms with van der Waals surface area (Å²) in [6.07, 6.45) is 5.12. The van der Waals surface area contributed by atoms with Crippen LogP contribution in [0, 0.1) is 5.92 Å². The smallest absolute Gasteiger partial charge is 0.243 e. The van der Waals surface area contributed by atoms with E-state index >= 15 is 0 Å². The number of carbonyl (C=O) groups is 4. The van der Waals surface area contributed by atoms with Crippen LogP contribution in [0.2, 0.25) is 0 Å². The van der Waals surface area contributed by atoms with Gasteiger partial charge in [-0.15, -0.1) is 0 Å². The molecule has 0 unspecified atom stereocenters. The SMILES string of the molecule is CSCC[C@H](N)C(=O)N[C@@H](CC(C)C)C(=O)NCC(=O)N1CCC[C@H]1C=O. The summed E-state index contributed by atoms with van der Waals surface area (Å²) in [6, 6.07) is -1.82. The Labute approximate surface area is 165 Å². The molecule has 1 heterocycles. The fraction of sp³-hybridized carbons (Fsp3) is 0.778. The number of rotatable bonds is 11. The molecule has 0 saturated carbocycles. The van der Waals surface area contributed by atoms with Crippen molar-refractivity contribution in [2.24, 2.45) is 11.7 Å². The number of hydrogen-bond donors (Lipinski definition) is 3. The summed E-state index contributed by atoms with van der Waals surface area (Å²) in [4.78, 5) is 49.5. The molecule has 4 N–H and O–H groups in total. The first-order valence-corrected chi connectivity index (χ1v) is 10.8. The van der Waals surface area contributed by atoms with E-state index in [1.165, 1.54) is 4.90 Å². The van der Waals surface area contributed by atoms with Gasteiger partial charge in [0.25, 0.3) is 0 Å². The van der Waals surface area contributed by atoms with Gasteiger partial charge in [0.15, 0.2) is 0 Å². The summed E-state index contributed by atoms with van der Waals surface area (Å²) in [5.41, 5.74) is 5.87. The van der Waals surface area contributed by atoms with E-state index in [1.54, 1.807) is 11.8 Å². The summed E-state index contributed by atoms with van der Waals surface area (Å²) < 4.78 is 0. The Morgan fingerprint density at radius 3 is 2.59 bits per heavy atom. The summed E-state index contributed by atoms with van der Waals surface area (Å²) in [6.45, 7) is 4.23. The number of nitrogens with two attached hydrogens (primary N) is 1. The van der Waals surface area contributed by atoms with Crippen LogP contribution in [0.3, 0.4) is 0 Å². The highest BCUT2D eigenvalue weighted by Gasteiger charge is 2.29. The van der Waals surface area contributed by atoms with Gasteiger partial charge in [-0.1, -0.05) is 13.8 Å². The summed E-state index contributed by atoms with van der Waals surface area (Å²) in [5, 5.41) is 5.29. The van der Waals surface area contributed by atoms with Gasteiger partial charge in [-0.05, 0) is 43.6 Å². The Hall–Kier alpha value is -1.61. The molecule has 0 spiro atoms. The molecule has 1 fully saturated rings. The molecule has 1 rings (SSSR count). The van der Waals surface area contributed by atoms with Gasteiger partial charge in [-0.25, -0.2) is 0 Å². The molecule has 0 aromatic rings.